The summed E-state index contributed by atoms with van der Waals surface area (Å²) in [5.41, 5.74) is 2.50. The van der Waals surface area contributed by atoms with Gasteiger partial charge in [0.2, 0.25) is 0 Å². The highest BCUT2D eigenvalue weighted by atomic mass is 16.4. The van der Waals surface area contributed by atoms with E-state index in [9.17, 15) is 4.79 Å². The molecule has 0 saturated heterocycles. The standard InChI is InChI=1S/C16H12N2O2/c19-16(20)15-12(5-3-9-17-15)10-13-8-7-11-4-1-2-6-14(11)18-13/h1-9H,10H2,(H,19,20). The van der Waals surface area contributed by atoms with Gasteiger partial charge in [0.1, 0.15) is 0 Å². The fourth-order valence-electron chi connectivity index (χ4n) is 2.18. The lowest BCUT2D eigenvalue weighted by atomic mass is 10.1. The van der Waals surface area contributed by atoms with Crippen LogP contribution in [0.3, 0.4) is 0 Å². The summed E-state index contributed by atoms with van der Waals surface area (Å²) >= 11 is 0. The van der Waals surface area contributed by atoms with Crippen LogP contribution < -0.4 is 0 Å². The van der Waals surface area contributed by atoms with E-state index in [1.165, 1.54) is 6.20 Å². The number of fused-ring (bicyclic) bond motifs is 1. The summed E-state index contributed by atoms with van der Waals surface area (Å²) < 4.78 is 0. The van der Waals surface area contributed by atoms with Crippen molar-refractivity contribution in [1.29, 1.82) is 0 Å². The van der Waals surface area contributed by atoms with Crippen molar-refractivity contribution in [2.75, 3.05) is 0 Å². The van der Waals surface area contributed by atoms with Crippen LogP contribution in [0.1, 0.15) is 21.7 Å². The maximum absolute atomic E-state index is 11.1. The van der Waals surface area contributed by atoms with E-state index in [1.807, 2.05) is 36.4 Å². The quantitative estimate of drug-likeness (QED) is 0.790. The largest absolute Gasteiger partial charge is 0.477 e. The van der Waals surface area contributed by atoms with E-state index >= 15 is 0 Å². The van der Waals surface area contributed by atoms with Gasteiger partial charge in [0.05, 0.1) is 5.52 Å². The molecule has 20 heavy (non-hydrogen) atoms. The Hall–Kier alpha value is -2.75. The van der Waals surface area contributed by atoms with Crippen LogP contribution >= 0.6 is 0 Å². The van der Waals surface area contributed by atoms with Crippen molar-refractivity contribution in [3.8, 4) is 0 Å². The predicted molar refractivity (Wildman–Crippen MR) is 75.7 cm³/mol. The van der Waals surface area contributed by atoms with Gasteiger partial charge in [-0.15, -0.1) is 0 Å². The normalized spacial score (nSPS) is 10.6. The fraction of sp³-hybridized carbons (Fsp3) is 0.0625. The molecule has 1 aromatic carbocycles. The summed E-state index contributed by atoms with van der Waals surface area (Å²) in [6.45, 7) is 0. The summed E-state index contributed by atoms with van der Waals surface area (Å²) in [5, 5.41) is 10.2. The van der Waals surface area contributed by atoms with Gasteiger partial charge in [-0.3, -0.25) is 4.98 Å². The number of carboxylic acid groups (broad SMARTS) is 1. The number of hydrogen-bond acceptors (Lipinski definition) is 3. The first-order chi connectivity index (χ1) is 9.74. The molecule has 0 atom stereocenters. The molecule has 2 heterocycles. The maximum Gasteiger partial charge on any atom is 0.354 e. The third-order valence-electron chi connectivity index (χ3n) is 3.12. The molecule has 0 aliphatic rings. The van der Waals surface area contributed by atoms with E-state index in [-0.39, 0.29) is 5.69 Å². The van der Waals surface area contributed by atoms with Gasteiger partial charge >= 0.3 is 5.97 Å². The Balaban J connectivity index is 1.99. The summed E-state index contributed by atoms with van der Waals surface area (Å²) in [5.74, 6) is -1.01. The van der Waals surface area contributed by atoms with Gasteiger partial charge in [-0.1, -0.05) is 30.3 Å². The van der Waals surface area contributed by atoms with Crippen molar-refractivity contribution in [3.63, 3.8) is 0 Å². The topological polar surface area (TPSA) is 63.1 Å². The van der Waals surface area contributed by atoms with Crippen LogP contribution in [0.25, 0.3) is 10.9 Å². The molecule has 4 nitrogen and oxygen atoms in total. The van der Waals surface area contributed by atoms with Crippen molar-refractivity contribution >= 4 is 16.9 Å². The van der Waals surface area contributed by atoms with Crippen LogP contribution in [0.2, 0.25) is 0 Å². The fourth-order valence-corrected chi connectivity index (χ4v) is 2.18. The van der Waals surface area contributed by atoms with E-state index in [4.69, 9.17) is 5.11 Å². The first kappa shape index (κ1) is 12.3. The number of nitrogens with zero attached hydrogens (tertiary/aromatic N) is 2. The monoisotopic (exact) mass is 264 g/mol. The number of carbonyl (C=O) groups is 1. The molecule has 3 rings (SSSR count). The molecular weight excluding hydrogens is 252 g/mol. The van der Waals surface area contributed by atoms with Crippen LogP contribution in [0.4, 0.5) is 0 Å². The molecule has 0 radical (unpaired) electrons. The highest BCUT2D eigenvalue weighted by Gasteiger charge is 2.11. The van der Waals surface area contributed by atoms with Crippen molar-refractivity contribution in [3.05, 3.63) is 71.7 Å². The smallest absolute Gasteiger partial charge is 0.354 e. The molecule has 0 saturated carbocycles. The Labute approximate surface area is 115 Å². The molecule has 0 aliphatic heterocycles. The molecule has 1 N–H and O–H groups in total. The van der Waals surface area contributed by atoms with Gasteiger partial charge in [-0.05, 0) is 23.8 Å². The summed E-state index contributed by atoms with van der Waals surface area (Å²) in [7, 11) is 0. The molecular formula is C16H12N2O2. The summed E-state index contributed by atoms with van der Waals surface area (Å²) in [6.07, 6.45) is 1.95. The third kappa shape index (κ3) is 2.36. The van der Waals surface area contributed by atoms with Gasteiger partial charge in [0.25, 0.3) is 0 Å². The Kier molecular flexibility index (Phi) is 3.13. The van der Waals surface area contributed by atoms with Crippen LogP contribution in [0, 0.1) is 0 Å². The average Bonchev–Trinajstić information content (AvgIpc) is 2.47. The van der Waals surface area contributed by atoms with Crippen LogP contribution in [-0.4, -0.2) is 21.0 Å². The zero-order valence-corrected chi connectivity index (χ0v) is 10.7. The van der Waals surface area contributed by atoms with Crippen molar-refractivity contribution in [1.82, 2.24) is 9.97 Å². The Morgan fingerprint density at radius 2 is 1.90 bits per heavy atom. The highest BCUT2D eigenvalue weighted by molar-refractivity contribution is 5.87. The Morgan fingerprint density at radius 3 is 2.75 bits per heavy atom. The molecule has 0 unspecified atom stereocenters. The molecule has 0 aliphatic carbocycles. The molecule has 0 fully saturated rings. The lowest BCUT2D eigenvalue weighted by Gasteiger charge is -2.05. The van der Waals surface area contributed by atoms with Gasteiger partial charge in [0, 0.05) is 23.7 Å². The molecule has 98 valence electrons. The number of hydrogen-bond donors (Lipinski definition) is 1. The Morgan fingerprint density at radius 1 is 1.05 bits per heavy atom. The minimum atomic E-state index is -1.01. The van der Waals surface area contributed by atoms with Gasteiger partial charge in [-0.25, -0.2) is 9.78 Å². The second kappa shape index (κ2) is 5.09. The minimum absolute atomic E-state index is 0.0856. The van der Waals surface area contributed by atoms with E-state index in [1.54, 1.807) is 12.1 Å². The van der Waals surface area contributed by atoms with Crippen LogP contribution in [0.15, 0.2) is 54.7 Å². The van der Waals surface area contributed by atoms with Gasteiger partial charge in [-0.2, -0.15) is 0 Å². The van der Waals surface area contributed by atoms with Crippen molar-refractivity contribution in [2.24, 2.45) is 0 Å². The van der Waals surface area contributed by atoms with Crippen LogP contribution in [0.5, 0.6) is 0 Å². The average molecular weight is 264 g/mol. The molecule has 0 amide bonds. The SMILES string of the molecule is O=C(O)c1ncccc1Cc1ccc2ccccc2n1. The molecule has 4 heteroatoms. The second-order valence-electron chi connectivity index (χ2n) is 4.49. The van der Waals surface area contributed by atoms with Crippen LogP contribution in [-0.2, 0) is 6.42 Å². The first-order valence-electron chi connectivity index (χ1n) is 6.26. The van der Waals surface area contributed by atoms with E-state index in [0.29, 0.717) is 12.0 Å². The highest BCUT2D eigenvalue weighted by Crippen LogP contribution is 2.15. The third-order valence-corrected chi connectivity index (χ3v) is 3.12. The lowest BCUT2D eigenvalue weighted by molar-refractivity contribution is 0.0689. The summed E-state index contributed by atoms with van der Waals surface area (Å²) in [4.78, 5) is 19.6. The zero-order chi connectivity index (χ0) is 13.9. The zero-order valence-electron chi connectivity index (χ0n) is 10.7. The summed E-state index contributed by atoms with van der Waals surface area (Å²) in [6, 6.07) is 15.3. The number of para-hydroxylation sites is 1. The lowest BCUT2D eigenvalue weighted by Crippen LogP contribution is -2.06. The van der Waals surface area contributed by atoms with Gasteiger partial charge in [0.15, 0.2) is 5.69 Å². The number of carboxylic acids is 1. The second-order valence-corrected chi connectivity index (χ2v) is 4.49. The maximum atomic E-state index is 11.1. The van der Waals surface area contributed by atoms with Gasteiger partial charge < -0.3 is 5.11 Å². The first-order valence-corrected chi connectivity index (χ1v) is 6.26. The van der Waals surface area contributed by atoms with Crippen molar-refractivity contribution in [2.45, 2.75) is 6.42 Å². The number of rotatable bonds is 3. The number of benzene rings is 1. The van der Waals surface area contributed by atoms with E-state index in [2.05, 4.69) is 9.97 Å². The Bertz CT molecular complexity index is 784. The van der Waals surface area contributed by atoms with E-state index < -0.39 is 5.97 Å². The predicted octanol–water partition coefficient (Wildman–Crippen LogP) is 2.92. The van der Waals surface area contributed by atoms with Crippen molar-refractivity contribution < 1.29 is 9.90 Å². The number of pyridine rings is 2. The minimum Gasteiger partial charge on any atom is -0.477 e. The molecule has 2 aromatic heterocycles. The molecule has 0 bridgehead atoms. The number of aromatic nitrogens is 2. The molecule has 3 aromatic rings. The molecule has 0 spiro atoms. The van der Waals surface area contributed by atoms with E-state index in [0.717, 1.165) is 16.6 Å². The number of aromatic carboxylic acids is 1.